The molecule has 0 aliphatic heterocycles. The molecule has 0 unspecified atom stereocenters. The predicted molar refractivity (Wildman–Crippen MR) is 56.7 cm³/mol. The van der Waals surface area contributed by atoms with Crippen molar-refractivity contribution in [2.24, 2.45) is 5.11 Å². The number of anilines is 1. The van der Waals surface area contributed by atoms with Crippen LogP contribution in [0, 0.1) is 0 Å². The minimum Gasteiger partial charge on any atom is -0.396 e. The number of nitrogen functional groups attached to an aromatic ring is 1. The largest absolute Gasteiger partial charge is 0.396 e. The van der Waals surface area contributed by atoms with Gasteiger partial charge in [-0.05, 0) is 23.7 Å². The number of nitrogens with zero attached hydrogens (tertiary/aromatic N) is 4. The molecule has 1 rings (SSSR count). The Morgan fingerprint density at radius 3 is 3.07 bits per heavy atom. The van der Waals surface area contributed by atoms with Gasteiger partial charge in [-0.1, -0.05) is 22.8 Å². The number of nitrogens with two attached hydrogens (primary N) is 1. The highest BCUT2D eigenvalue weighted by Crippen LogP contribution is 2.15. The first-order chi connectivity index (χ1) is 6.74. The highest BCUT2D eigenvalue weighted by Gasteiger charge is 1.96. The van der Waals surface area contributed by atoms with Crippen molar-refractivity contribution in [1.82, 2.24) is 4.98 Å². The molecular formula is C8H8ClN5. The Morgan fingerprint density at radius 2 is 2.43 bits per heavy atom. The summed E-state index contributed by atoms with van der Waals surface area (Å²) in [4.78, 5) is 6.60. The molecular weight excluding hydrogens is 202 g/mol. The fraction of sp³-hybridized carbons (Fsp3) is 0.125. The van der Waals surface area contributed by atoms with Crippen molar-refractivity contribution < 1.29 is 0 Å². The van der Waals surface area contributed by atoms with Crippen LogP contribution in [-0.4, -0.2) is 11.5 Å². The second-order valence-corrected chi connectivity index (χ2v) is 2.79. The van der Waals surface area contributed by atoms with Gasteiger partial charge in [0, 0.05) is 11.5 Å². The van der Waals surface area contributed by atoms with E-state index >= 15 is 0 Å². The Hall–Kier alpha value is -1.71. The van der Waals surface area contributed by atoms with Crippen molar-refractivity contribution in [3.63, 3.8) is 0 Å². The maximum Gasteiger partial charge on any atom is 0.152 e. The minimum absolute atomic E-state index is 0.274. The van der Waals surface area contributed by atoms with E-state index < -0.39 is 0 Å². The fourth-order valence-corrected chi connectivity index (χ4v) is 0.970. The highest BCUT2D eigenvalue weighted by molar-refractivity contribution is 6.31. The molecule has 14 heavy (non-hydrogen) atoms. The van der Waals surface area contributed by atoms with Crippen molar-refractivity contribution in [2.45, 2.75) is 0 Å². The van der Waals surface area contributed by atoms with Crippen LogP contribution >= 0.6 is 11.6 Å². The summed E-state index contributed by atoms with van der Waals surface area (Å²) in [5.74, 6) is 0. The molecule has 0 fully saturated rings. The molecule has 0 bridgehead atoms. The van der Waals surface area contributed by atoms with E-state index in [4.69, 9.17) is 22.9 Å². The second kappa shape index (κ2) is 5.11. The number of hydrogen-bond acceptors (Lipinski definition) is 3. The molecule has 0 saturated heterocycles. The third kappa shape index (κ3) is 2.97. The molecule has 0 atom stereocenters. The topological polar surface area (TPSA) is 87.7 Å². The van der Waals surface area contributed by atoms with Crippen LogP contribution in [-0.2, 0) is 0 Å². The van der Waals surface area contributed by atoms with E-state index in [0.717, 1.165) is 0 Å². The van der Waals surface area contributed by atoms with Gasteiger partial charge in [0.1, 0.15) is 0 Å². The zero-order chi connectivity index (χ0) is 10.4. The first-order valence-corrected chi connectivity index (χ1v) is 4.21. The molecule has 72 valence electrons. The summed E-state index contributed by atoms with van der Waals surface area (Å²) < 4.78 is 0. The lowest BCUT2D eigenvalue weighted by atomic mass is 10.3. The first kappa shape index (κ1) is 10.4. The van der Waals surface area contributed by atoms with Gasteiger partial charge in [-0.25, -0.2) is 4.98 Å². The van der Waals surface area contributed by atoms with E-state index in [1.165, 1.54) is 0 Å². The van der Waals surface area contributed by atoms with Gasteiger partial charge in [0.25, 0.3) is 0 Å². The van der Waals surface area contributed by atoms with Crippen LogP contribution in [0.3, 0.4) is 0 Å². The standard InChI is InChI=1S/C8H8ClN5/c9-8-7(10)4-3-6(13-8)2-1-5-12-14-11/h1-4H,5,10H2. The normalized spacial score (nSPS) is 10.1. The molecule has 5 nitrogen and oxygen atoms in total. The van der Waals surface area contributed by atoms with Gasteiger partial charge in [-0.15, -0.1) is 0 Å². The number of azide groups is 1. The second-order valence-electron chi connectivity index (χ2n) is 2.43. The third-order valence-corrected chi connectivity index (χ3v) is 1.74. The molecule has 0 spiro atoms. The summed E-state index contributed by atoms with van der Waals surface area (Å²) in [7, 11) is 0. The number of halogens is 1. The van der Waals surface area contributed by atoms with Crippen molar-refractivity contribution in [3.8, 4) is 0 Å². The summed E-state index contributed by atoms with van der Waals surface area (Å²) in [6, 6.07) is 3.40. The Labute approximate surface area is 85.8 Å². The average Bonchev–Trinajstić information content (AvgIpc) is 2.18. The van der Waals surface area contributed by atoms with Gasteiger partial charge in [0.15, 0.2) is 5.15 Å². The molecule has 0 radical (unpaired) electrons. The fourth-order valence-electron chi connectivity index (χ4n) is 0.809. The molecule has 0 aliphatic rings. The van der Waals surface area contributed by atoms with Crippen molar-refractivity contribution in [2.75, 3.05) is 12.3 Å². The van der Waals surface area contributed by atoms with E-state index in [-0.39, 0.29) is 5.15 Å². The Morgan fingerprint density at radius 1 is 1.64 bits per heavy atom. The van der Waals surface area contributed by atoms with Crippen LogP contribution in [0.25, 0.3) is 16.5 Å². The zero-order valence-electron chi connectivity index (χ0n) is 7.26. The monoisotopic (exact) mass is 209 g/mol. The number of aromatic nitrogens is 1. The quantitative estimate of drug-likeness (QED) is 0.359. The van der Waals surface area contributed by atoms with Crippen LogP contribution < -0.4 is 5.73 Å². The summed E-state index contributed by atoms with van der Waals surface area (Å²) in [5.41, 5.74) is 14.6. The lowest BCUT2D eigenvalue weighted by molar-refractivity contribution is 1.21. The molecule has 1 heterocycles. The smallest absolute Gasteiger partial charge is 0.152 e. The average molecular weight is 210 g/mol. The van der Waals surface area contributed by atoms with Crippen LogP contribution in [0.15, 0.2) is 23.3 Å². The van der Waals surface area contributed by atoms with Gasteiger partial charge in [0.05, 0.1) is 11.4 Å². The van der Waals surface area contributed by atoms with Crippen LogP contribution in [0.4, 0.5) is 5.69 Å². The summed E-state index contributed by atoms with van der Waals surface area (Å²) >= 11 is 5.70. The molecule has 2 N–H and O–H groups in total. The Kier molecular flexibility index (Phi) is 3.79. The van der Waals surface area contributed by atoms with E-state index in [0.29, 0.717) is 17.9 Å². The number of rotatable bonds is 3. The lowest BCUT2D eigenvalue weighted by Gasteiger charge is -1.97. The van der Waals surface area contributed by atoms with Crippen molar-refractivity contribution >= 4 is 23.4 Å². The maximum absolute atomic E-state index is 8.02. The lowest BCUT2D eigenvalue weighted by Crippen LogP contribution is -1.90. The SMILES string of the molecule is [N-]=[N+]=NCC=Cc1ccc(N)c(Cl)n1. The van der Waals surface area contributed by atoms with Crippen LogP contribution in [0.5, 0.6) is 0 Å². The summed E-state index contributed by atoms with van der Waals surface area (Å²) in [6.45, 7) is 0.292. The molecule has 0 saturated carbocycles. The molecule has 1 aromatic heterocycles. The van der Waals surface area contributed by atoms with Gasteiger partial charge in [-0.3, -0.25) is 0 Å². The Balaban J connectivity index is 2.72. The molecule has 0 aliphatic carbocycles. The van der Waals surface area contributed by atoms with E-state index in [1.54, 1.807) is 24.3 Å². The van der Waals surface area contributed by atoms with Crippen molar-refractivity contribution in [3.05, 3.63) is 39.5 Å². The van der Waals surface area contributed by atoms with E-state index in [2.05, 4.69) is 15.0 Å². The third-order valence-electron chi connectivity index (χ3n) is 1.44. The van der Waals surface area contributed by atoms with Gasteiger partial charge in [-0.2, -0.15) is 0 Å². The zero-order valence-corrected chi connectivity index (χ0v) is 8.02. The molecule has 6 heteroatoms. The van der Waals surface area contributed by atoms with Crippen LogP contribution in [0.1, 0.15) is 5.69 Å². The van der Waals surface area contributed by atoms with Gasteiger partial charge in [0.2, 0.25) is 0 Å². The van der Waals surface area contributed by atoms with Gasteiger partial charge >= 0.3 is 0 Å². The Bertz CT molecular complexity index is 395. The molecule has 0 aromatic carbocycles. The first-order valence-electron chi connectivity index (χ1n) is 3.83. The van der Waals surface area contributed by atoms with Gasteiger partial charge < -0.3 is 5.73 Å². The maximum atomic E-state index is 8.02. The van der Waals surface area contributed by atoms with Crippen LogP contribution in [0.2, 0.25) is 5.15 Å². The van der Waals surface area contributed by atoms with Crippen molar-refractivity contribution in [1.29, 1.82) is 0 Å². The number of hydrogen-bond donors (Lipinski definition) is 1. The number of pyridine rings is 1. The summed E-state index contributed by atoms with van der Waals surface area (Å²) in [5, 5.41) is 3.61. The summed E-state index contributed by atoms with van der Waals surface area (Å²) in [6.07, 6.45) is 3.40. The highest BCUT2D eigenvalue weighted by atomic mass is 35.5. The molecule has 0 amide bonds. The predicted octanol–water partition coefficient (Wildman–Crippen LogP) is 2.64. The van der Waals surface area contributed by atoms with E-state index in [1.807, 2.05) is 0 Å². The molecule has 1 aromatic rings. The minimum atomic E-state index is 0.274. The van der Waals surface area contributed by atoms with E-state index in [9.17, 15) is 0 Å².